The van der Waals surface area contributed by atoms with Crippen LogP contribution in [0.3, 0.4) is 0 Å². The van der Waals surface area contributed by atoms with Crippen molar-refractivity contribution in [3.63, 3.8) is 0 Å². The molecule has 1 N–H and O–H groups in total. The molecule has 0 spiro atoms. The number of nitrogens with zero attached hydrogens (tertiary/aromatic N) is 1. The predicted octanol–water partition coefficient (Wildman–Crippen LogP) is 2.17. The molecule has 18 heavy (non-hydrogen) atoms. The van der Waals surface area contributed by atoms with Gasteiger partial charge in [-0.2, -0.15) is 0 Å². The molecule has 0 radical (unpaired) electrons. The molecular weight excluding hydrogens is 230 g/mol. The Kier molecular flexibility index (Phi) is 4.59. The standard InChI is InChI=1S/C14H19NO3/c16-13-7-4-9-15(10-8-13)14(17)18-11-12-5-2-1-3-6-12/h1-3,5-6,13,16H,4,7-11H2. The van der Waals surface area contributed by atoms with Crippen molar-refractivity contribution < 1.29 is 14.6 Å². The summed E-state index contributed by atoms with van der Waals surface area (Å²) in [6.45, 7) is 1.55. The normalized spacial score (nSPS) is 20.3. The van der Waals surface area contributed by atoms with Gasteiger partial charge in [-0.05, 0) is 24.8 Å². The highest BCUT2D eigenvalue weighted by Gasteiger charge is 2.20. The Morgan fingerprint density at radius 2 is 2.06 bits per heavy atom. The minimum atomic E-state index is -0.284. The number of likely N-dealkylation sites (tertiary alicyclic amines) is 1. The van der Waals surface area contributed by atoms with E-state index in [0.29, 0.717) is 26.1 Å². The Labute approximate surface area is 107 Å². The van der Waals surface area contributed by atoms with Crippen molar-refractivity contribution in [2.24, 2.45) is 0 Å². The molecular formula is C14H19NO3. The van der Waals surface area contributed by atoms with Crippen LogP contribution in [-0.2, 0) is 11.3 Å². The zero-order valence-corrected chi connectivity index (χ0v) is 10.4. The first-order chi connectivity index (χ1) is 8.75. The van der Waals surface area contributed by atoms with E-state index in [4.69, 9.17) is 4.74 Å². The van der Waals surface area contributed by atoms with Gasteiger partial charge >= 0.3 is 6.09 Å². The molecule has 4 nitrogen and oxygen atoms in total. The molecule has 1 saturated heterocycles. The predicted molar refractivity (Wildman–Crippen MR) is 68.1 cm³/mol. The summed E-state index contributed by atoms with van der Waals surface area (Å²) >= 11 is 0. The highest BCUT2D eigenvalue weighted by atomic mass is 16.6. The molecule has 1 aliphatic rings. The average molecular weight is 249 g/mol. The Morgan fingerprint density at radius 1 is 1.28 bits per heavy atom. The second kappa shape index (κ2) is 6.40. The summed E-state index contributed by atoms with van der Waals surface area (Å²) in [6.07, 6.45) is 1.68. The molecule has 1 unspecified atom stereocenters. The summed E-state index contributed by atoms with van der Waals surface area (Å²) in [6, 6.07) is 9.64. The number of carbonyl (C=O) groups is 1. The van der Waals surface area contributed by atoms with Gasteiger partial charge < -0.3 is 14.7 Å². The van der Waals surface area contributed by atoms with Crippen molar-refractivity contribution in [1.82, 2.24) is 4.90 Å². The van der Waals surface area contributed by atoms with E-state index in [0.717, 1.165) is 18.4 Å². The zero-order valence-electron chi connectivity index (χ0n) is 10.4. The van der Waals surface area contributed by atoms with Crippen LogP contribution in [0.1, 0.15) is 24.8 Å². The fourth-order valence-corrected chi connectivity index (χ4v) is 2.07. The molecule has 1 aromatic carbocycles. The lowest BCUT2D eigenvalue weighted by Crippen LogP contribution is -2.32. The number of aliphatic hydroxyl groups excluding tert-OH is 1. The Bertz CT molecular complexity index is 380. The third-order valence-corrected chi connectivity index (χ3v) is 3.16. The molecule has 1 heterocycles. The van der Waals surface area contributed by atoms with Crippen molar-refractivity contribution in [3.05, 3.63) is 35.9 Å². The van der Waals surface area contributed by atoms with E-state index in [-0.39, 0.29) is 12.2 Å². The van der Waals surface area contributed by atoms with Crippen LogP contribution in [0.25, 0.3) is 0 Å². The van der Waals surface area contributed by atoms with Crippen LogP contribution >= 0.6 is 0 Å². The molecule has 0 aromatic heterocycles. The lowest BCUT2D eigenvalue weighted by molar-refractivity contribution is 0.0949. The highest BCUT2D eigenvalue weighted by molar-refractivity contribution is 5.67. The van der Waals surface area contributed by atoms with Crippen molar-refractivity contribution in [3.8, 4) is 0 Å². The molecule has 1 atom stereocenters. The van der Waals surface area contributed by atoms with Crippen LogP contribution in [0.5, 0.6) is 0 Å². The van der Waals surface area contributed by atoms with Gasteiger partial charge in [0.2, 0.25) is 0 Å². The minimum absolute atomic E-state index is 0.281. The summed E-state index contributed by atoms with van der Waals surface area (Å²) in [7, 11) is 0. The summed E-state index contributed by atoms with van der Waals surface area (Å²) in [5.74, 6) is 0. The summed E-state index contributed by atoms with van der Waals surface area (Å²) in [5, 5.41) is 9.52. The molecule has 1 amide bonds. The maximum atomic E-state index is 11.9. The maximum Gasteiger partial charge on any atom is 0.410 e. The van der Waals surface area contributed by atoms with Gasteiger partial charge in [0.05, 0.1) is 6.10 Å². The first-order valence-corrected chi connectivity index (χ1v) is 6.39. The highest BCUT2D eigenvalue weighted by Crippen LogP contribution is 2.12. The fourth-order valence-electron chi connectivity index (χ4n) is 2.07. The van der Waals surface area contributed by atoms with Crippen molar-refractivity contribution in [2.75, 3.05) is 13.1 Å². The molecule has 0 bridgehead atoms. The van der Waals surface area contributed by atoms with E-state index >= 15 is 0 Å². The molecule has 0 aliphatic carbocycles. The fraction of sp³-hybridized carbons (Fsp3) is 0.500. The van der Waals surface area contributed by atoms with E-state index in [2.05, 4.69) is 0 Å². The minimum Gasteiger partial charge on any atom is -0.445 e. The summed E-state index contributed by atoms with van der Waals surface area (Å²) in [5.41, 5.74) is 0.987. The number of amides is 1. The average Bonchev–Trinajstić information content (AvgIpc) is 2.62. The van der Waals surface area contributed by atoms with Gasteiger partial charge in [0.25, 0.3) is 0 Å². The van der Waals surface area contributed by atoms with Gasteiger partial charge in [0, 0.05) is 13.1 Å². The molecule has 4 heteroatoms. The first-order valence-electron chi connectivity index (χ1n) is 6.39. The van der Waals surface area contributed by atoms with E-state index in [1.54, 1.807) is 4.90 Å². The van der Waals surface area contributed by atoms with E-state index in [1.165, 1.54) is 0 Å². The van der Waals surface area contributed by atoms with Crippen LogP contribution in [0.2, 0.25) is 0 Å². The van der Waals surface area contributed by atoms with Gasteiger partial charge in [0.15, 0.2) is 0 Å². The van der Waals surface area contributed by atoms with E-state index in [1.807, 2.05) is 30.3 Å². The van der Waals surface area contributed by atoms with Crippen molar-refractivity contribution in [1.29, 1.82) is 0 Å². The third kappa shape index (κ3) is 3.74. The van der Waals surface area contributed by atoms with E-state index in [9.17, 15) is 9.90 Å². The maximum absolute atomic E-state index is 11.9. The smallest absolute Gasteiger partial charge is 0.410 e. The summed E-state index contributed by atoms with van der Waals surface area (Å²) < 4.78 is 5.26. The largest absolute Gasteiger partial charge is 0.445 e. The quantitative estimate of drug-likeness (QED) is 0.874. The van der Waals surface area contributed by atoms with Gasteiger partial charge in [-0.3, -0.25) is 0 Å². The Balaban J connectivity index is 1.80. The molecule has 1 aliphatic heterocycles. The number of carbonyl (C=O) groups excluding carboxylic acids is 1. The van der Waals surface area contributed by atoms with Crippen molar-refractivity contribution >= 4 is 6.09 Å². The van der Waals surface area contributed by atoms with Crippen molar-refractivity contribution in [2.45, 2.75) is 32.0 Å². The Hall–Kier alpha value is -1.55. The van der Waals surface area contributed by atoms with Crippen LogP contribution in [-0.4, -0.2) is 35.3 Å². The SMILES string of the molecule is O=C(OCc1ccccc1)N1CCCC(O)CC1. The second-order valence-corrected chi connectivity index (χ2v) is 4.61. The zero-order chi connectivity index (χ0) is 12.8. The van der Waals surface area contributed by atoms with Gasteiger partial charge in [-0.25, -0.2) is 4.79 Å². The van der Waals surface area contributed by atoms with Crippen LogP contribution < -0.4 is 0 Å². The van der Waals surface area contributed by atoms with Crippen LogP contribution in [0.15, 0.2) is 30.3 Å². The molecule has 98 valence electrons. The lowest BCUT2D eigenvalue weighted by Gasteiger charge is -2.19. The molecule has 1 aromatic rings. The second-order valence-electron chi connectivity index (χ2n) is 4.61. The first kappa shape index (κ1) is 12.9. The third-order valence-electron chi connectivity index (χ3n) is 3.16. The number of hydrogen-bond donors (Lipinski definition) is 1. The molecule has 2 rings (SSSR count). The topological polar surface area (TPSA) is 49.8 Å². The lowest BCUT2D eigenvalue weighted by atomic mass is 10.2. The molecule has 0 saturated carbocycles. The van der Waals surface area contributed by atoms with E-state index < -0.39 is 0 Å². The van der Waals surface area contributed by atoms with Gasteiger partial charge in [0.1, 0.15) is 6.61 Å². The van der Waals surface area contributed by atoms with Crippen LogP contribution in [0.4, 0.5) is 4.79 Å². The van der Waals surface area contributed by atoms with Gasteiger partial charge in [-0.1, -0.05) is 30.3 Å². The number of ether oxygens (including phenoxy) is 1. The number of rotatable bonds is 2. The monoisotopic (exact) mass is 249 g/mol. The molecule has 1 fully saturated rings. The summed E-state index contributed by atoms with van der Waals surface area (Å²) in [4.78, 5) is 13.5. The van der Waals surface area contributed by atoms with Gasteiger partial charge in [-0.15, -0.1) is 0 Å². The number of benzene rings is 1. The Morgan fingerprint density at radius 3 is 2.83 bits per heavy atom. The number of aliphatic hydroxyl groups is 1. The number of hydrogen-bond acceptors (Lipinski definition) is 3. The van der Waals surface area contributed by atoms with Crippen LogP contribution in [0, 0.1) is 0 Å².